The van der Waals surface area contributed by atoms with Crippen molar-refractivity contribution >= 4 is 23.3 Å². The Labute approximate surface area is 129 Å². The van der Waals surface area contributed by atoms with Crippen LogP contribution in [0.2, 0.25) is 0 Å². The third kappa shape index (κ3) is 8.50. The van der Waals surface area contributed by atoms with E-state index in [0.29, 0.717) is 11.3 Å². The first kappa shape index (κ1) is 17.7. The summed E-state index contributed by atoms with van der Waals surface area (Å²) in [7, 11) is 0. The Morgan fingerprint density at radius 2 is 1.43 bits per heavy atom. The standard InChI is InChI=1S/C16H24O4S/c17-15(18)10-8-6-4-2-1-3-5-7-9-13-11-12-14(21-13)16(19)20/h11-12H,1-10H2,(H,17,18)(H,19,20). The van der Waals surface area contributed by atoms with Crippen LogP contribution in [0.15, 0.2) is 12.1 Å². The first-order valence-corrected chi connectivity index (χ1v) is 8.45. The van der Waals surface area contributed by atoms with E-state index in [-0.39, 0.29) is 0 Å². The molecule has 0 fully saturated rings. The molecule has 4 nitrogen and oxygen atoms in total. The quantitative estimate of drug-likeness (QED) is 0.554. The molecule has 1 rings (SSSR count). The highest BCUT2D eigenvalue weighted by Gasteiger charge is 2.06. The Morgan fingerprint density at radius 1 is 0.857 bits per heavy atom. The molecule has 0 saturated carbocycles. The molecule has 0 bridgehead atoms. The molecule has 0 aliphatic rings. The minimum absolute atomic E-state index is 0.291. The summed E-state index contributed by atoms with van der Waals surface area (Å²) >= 11 is 1.37. The number of unbranched alkanes of at least 4 members (excludes halogenated alkanes) is 7. The van der Waals surface area contributed by atoms with Gasteiger partial charge < -0.3 is 10.2 Å². The monoisotopic (exact) mass is 312 g/mol. The fraction of sp³-hybridized carbons (Fsp3) is 0.625. The topological polar surface area (TPSA) is 74.6 Å². The van der Waals surface area contributed by atoms with Crippen molar-refractivity contribution in [1.82, 2.24) is 0 Å². The van der Waals surface area contributed by atoms with E-state index in [9.17, 15) is 9.59 Å². The molecule has 0 saturated heterocycles. The van der Waals surface area contributed by atoms with Crippen LogP contribution >= 0.6 is 11.3 Å². The van der Waals surface area contributed by atoms with E-state index in [2.05, 4.69) is 0 Å². The van der Waals surface area contributed by atoms with Crippen molar-refractivity contribution in [3.05, 3.63) is 21.9 Å². The molecular weight excluding hydrogens is 288 g/mol. The van der Waals surface area contributed by atoms with Gasteiger partial charge in [0.25, 0.3) is 0 Å². The van der Waals surface area contributed by atoms with Gasteiger partial charge in [0.15, 0.2) is 0 Å². The third-order valence-corrected chi connectivity index (χ3v) is 4.57. The van der Waals surface area contributed by atoms with Crippen molar-refractivity contribution in [3.8, 4) is 0 Å². The second-order valence-electron chi connectivity index (χ2n) is 5.29. The van der Waals surface area contributed by atoms with E-state index in [1.807, 2.05) is 6.07 Å². The van der Waals surface area contributed by atoms with E-state index in [1.165, 1.54) is 37.0 Å². The first-order valence-electron chi connectivity index (χ1n) is 7.63. The van der Waals surface area contributed by atoms with Gasteiger partial charge in [-0.3, -0.25) is 4.79 Å². The van der Waals surface area contributed by atoms with Crippen LogP contribution in [0.1, 0.15) is 72.3 Å². The van der Waals surface area contributed by atoms with Crippen molar-refractivity contribution in [2.24, 2.45) is 0 Å². The fourth-order valence-electron chi connectivity index (χ4n) is 2.26. The Bertz CT molecular complexity index is 439. The zero-order valence-corrected chi connectivity index (χ0v) is 13.2. The molecule has 0 aromatic carbocycles. The van der Waals surface area contributed by atoms with Crippen LogP contribution in [-0.4, -0.2) is 22.2 Å². The molecule has 118 valence electrons. The van der Waals surface area contributed by atoms with Crippen LogP contribution < -0.4 is 0 Å². The summed E-state index contributed by atoms with van der Waals surface area (Å²) in [5, 5.41) is 17.3. The molecule has 0 aliphatic heterocycles. The van der Waals surface area contributed by atoms with Crippen LogP contribution in [0.5, 0.6) is 0 Å². The van der Waals surface area contributed by atoms with Crippen molar-refractivity contribution in [2.45, 2.75) is 64.2 Å². The largest absolute Gasteiger partial charge is 0.481 e. The van der Waals surface area contributed by atoms with Crippen molar-refractivity contribution < 1.29 is 19.8 Å². The lowest BCUT2D eigenvalue weighted by Crippen LogP contribution is -1.93. The molecule has 1 heterocycles. The normalized spacial score (nSPS) is 10.7. The third-order valence-electron chi connectivity index (χ3n) is 3.44. The van der Waals surface area contributed by atoms with Gasteiger partial charge >= 0.3 is 11.9 Å². The lowest BCUT2D eigenvalue weighted by Gasteiger charge is -2.01. The highest BCUT2D eigenvalue weighted by Crippen LogP contribution is 2.19. The zero-order chi connectivity index (χ0) is 15.5. The van der Waals surface area contributed by atoms with Gasteiger partial charge in [0.1, 0.15) is 4.88 Å². The van der Waals surface area contributed by atoms with Gasteiger partial charge in [0, 0.05) is 11.3 Å². The highest BCUT2D eigenvalue weighted by molar-refractivity contribution is 7.13. The van der Waals surface area contributed by atoms with Gasteiger partial charge in [0.05, 0.1) is 0 Å². The summed E-state index contributed by atoms with van der Waals surface area (Å²) in [6, 6.07) is 3.59. The maximum absolute atomic E-state index is 10.8. The predicted octanol–water partition coefficient (Wildman–Crippen LogP) is 4.58. The van der Waals surface area contributed by atoms with Gasteiger partial charge in [-0.1, -0.05) is 38.5 Å². The molecule has 0 unspecified atom stereocenters. The van der Waals surface area contributed by atoms with E-state index in [0.717, 1.165) is 37.0 Å². The van der Waals surface area contributed by atoms with E-state index >= 15 is 0 Å². The predicted molar refractivity (Wildman–Crippen MR) is 84.2 cm³/mol. The summed E-state index contributed by atoms with van der Waals surface area (Å²) < 4.78 is 0. The van der Waals surface area contributed by atoms with E-state index < -0.39 is 11.9 Å². The zero-order valence-electron chi connectivity index (χ0n) is 12.3. The first-order chi connectivity index (χ1) is 10.1. The van der Waals surface area contributed by atoms with Crippen LogP contribution in [0, 0.1) is 0 Å². The number of carboxylic acid groups (broad SMARTS) is 2. The minimum Gasteiger partial charge on any atom is -0.481 e. The minimum atomic E-state index is -0.839. The molecule has 0 amide bonds. The van der Waals surface area contributed by atoms with E-state index in [4.69, 9.17) is 10.2 Å². The van der Waals surface area contributed by atoms with Crippen LogP contribution in [-0.2, 0) is 11.2 Å². The number of carboxylic acids is 2. The molecule has 0 radical (unpaired) electrons. The second-order valence-corrected chi connectivity index (χ2v) is 6.46. The SMILES string of the molecule is O=C(O)CCCCCCCCCCc1ccc(C(=O)O)s1. The summed E-state index contributed by atoms with van der Waals surface area (Å²) in [6.07, 6.45) is 10.1. The molecule has 2 N–H and O–H groups in total. The van der Waals surface area contributed by atoms with Crippen molar-refractivity contribution in [1.29, 1.82) is 0 Å². The average molecular weight is 312 g/mol. The Morgan fingerprint density at radius 3 is 1.95 bits per heavy atom. The molecule has 21 heavy (non-hydrogen) atoms. The summed E-state index contributed by atoms with van der Waals surface area (Å²) in [5.74, 6) is -1.54. The Balaban J connectivity index is 1.92. The number of thiophene rings is 1. The smallest absolute Gasteiger partial charge is 0.345 e. The van der Waals surface area contributed by atoms with E-state index in [1.54, 1.807) is 6.07 Å². The number of aliphatic carboxylic acids is 1. The maximum atomic E-state index is 10.8. The molecule has 0 spiro atoms. The highest BCUT2D eigenvalue weighted by atomic mass is 32.1. The number of hydrogen-bond donors (Lipinski definition) is 2. The molecule has 5 heteroatoms. The summed E-state index contributed by atoms with van der Waals surface area (Å²) in [6.45, 7) is 0. The summed E-state index contributed by atoms with van der Waals surface area (Å²) in [5.41, 5.74) is 0. The molecule has 0 atom stereocenters. The molecule has 0 aliphatic carbocycles. The number of aromatic carboxylic acids is 1. The number of hydrogen-bond acceptors (Lipinski definition) is 3. The van der Waals surface area contributed by atoms with Crippen molar-refractivity contribution in [2.75, 3.05) is 0 Å². The van der Waals surface area contributed by atoms with Gasteiger partial charge in [0.2, 0.25) is 0 Å². The van der Waals surface area contributed by atoms with Gasteiger partial charge in [-0.25, -0.2) is 4.79 Å². The fourth-order valence-corrected chi connectivity index (χ4v) is 3.15. The molecule has 1 aromatic rings. The summed E-state index contributed by atoms with van der Waals surface area (Å²) in [4.78, 5) is 22.7. The Hall–Kier alpha value is -1.36. The lowest BCUT2D eigenvalue weighted by molar-refractivity contribution is -0.137. The molecular formula is C16H24O4S. The van der Waals surface area contributed by atoms with Gasteiger partial charge in [-0.15, -0.1) is 11.3 Å². The lowest BCUT2D eigenvalue weighted by atomic mass is 10.1. The van der Waals surface area contributed by atoms with Crippen LogP contribution in [0.4, 0.5) is 0 Å². The second kappa shape index (κ2) is 10.4. The van der Waals surface area contributed by atoms with Gasteiger partial charge in [-0.2, -0.15) is 0 Å². The average Bonchev–Trinajstić information content (AvgIpc) is 2.89. The Kier molecular flexibility index (Phi) is 8.74. The van der Waals surface area contributed by atoms with Crippen molar-refractivity contribution in [3.63, 3.8) is 0 Å². The molecule has 1 aromatic heterocycles. The maximum Gasteiger partial charge on any atom is 0.345 e. The number of carbonyl (C=O) groups is 2. The number of rotatable bonds is 12. The van der Waals surface area contributed by atoms with Gasteiger partial charge in [-0.05, 0) is 31.4 Å². The number of aryl methyl sites for hydroxylation is 1. The van der Waals surface area contributed by atoms with Crippen LogP contribution in [0.25, 0.3) is 0 Å². The van der Waals surface area contributed by atoms with Crippen LogP contribution in [0.3, 0.4) is 0 Å².